The number of imide groups is 1. The lowest BCUT2D eigenvalue weighted by Gasteiger charge is -2.20. The minimum absolute atomic E-state index is 0.0253. The van der Waals surface area contributed by atoms with Crippen molar-refractivity contribution < 1.29 is 18.8 Å². The minimum Gasteiger partial charge on any atom is -0.467 e. The van der Waals surface area contributed by atoms with Crippen molar-refractivity contribution in [1.29, 1.82) is 0 Å². The molecule has 0 unspecified atom stereocenters. The Morgan fingerprint density at radius 2 is 2.06 bits per heavy atom. The van der Waals surface area contributed by atoms with Gasteiger partial charge in [0.1, 0.15) is 11.8 Å². The summed E-state index contributed by atoms with van der Waals surface area (Å²) in [5, 5.41) is 14.0. The molecule has 3 aromatic rings. The second kappa shape index (κ2) is 8.58. The van der Waals surface area contributed by atoms with Gasteiger partial charge in [-0.15, -0.1) is 10.2 Å². The van der Waals surface area contributed by atoms with Crippen LogP contribution >= 0.6 is 0 Å². The SMILES string of the molecule is CC(C)C[C@H](NC(=O)C[C@@H]1NC(=O)N(Cc2ccco2)C1=O)c1nnc2ccccn12. The zero-order chi connectivity index (χ0) is 22.0. The first-order chi connectivity index (χ1) is 14.9. The van der Waals surface area contributed by atoms with Crippen LogP contribution in [0.25, 0.3) is 5.65 Å². The zero-order valence-electron chi connectivity index (χ0n) is 17.3. The lowest BCUT2D eigenvalue weighted by Crippen LogP contribution is -2.38. The number of fused-ring (bicyclic) bond motifs is 1. The molecule has 4 rings (SSSR count). The number of nitrogens with zero attached hydrogens (tertiary/aromatic N) is 4. The predicted molar refractivity (Wildman–Crippen MR) is 110 cm³/mol. The van der Waals surface area contributed by atoms with E-state index in [9.17, 15) is 14.4 Å². The number of amides is 4. The van der Waals surface area contributed by atoms with E-state index >= 15 is 0 Å². The molecule has 0 aromatic carbocycles. The molecule has 0 aliphatic carbocycles. The first kappa shape index (κ1) is 20.6. The quantitative estimate of drug-likeness (QED) is 0.534. The topological polar surface area (TPSA) is 122 Å². The molecule has 1 fully saturated rings. The second-order valence-corrected chi connectivity index (χ2v) is 7.95. The van der Waals surface area contributed by atoms with E-state index in [4.69, 9.17) is 4.42 Å². The highest BCUT2D eigenvalue weighted by atomic mass is 16.3. The van der Waals surface area contributed by atoms with Crippen LogP contribution < -0.4 is 10.6 Å². The van der Waals surface area contributed by atoms with Gasteiger partial charge in [-0.25, -0.2) is 4.79 Å². The first-order valence-corrected chi connectivity index (χ1v) is 10.2. The van der Waals surface area contributed by atoms with Crippen LogP contribution in [0.4, 0.5) is 4.79 Å². The van der Waals surface area contributed by atoms with Gasteiger partial charge in [0.25, 0.3) is 5.91 Å². The molecule has 4 amide bonds. The normalized spacial score (nSPS) is 17.4. The van der Waals surface area contributed by atoms with E-state index in [0.717, 1.165) is 4.90 Å². The van der Waals surface area contributed by atoms with E-state index in [2.05, 4.69) is 34.7 Å². The first-order valence-electron chi connectivity index (χ1n) is 10.2. The molecule has 0 bridgehead atoms. The van der Waals surface area contributed by atoms with Crippen molar-refractivity contribution in [2.24, 2.45) is 5.92 Å². The summed E-state index contributed by atoms with van der Waals surface area (Å²) < 4.78 is 7.04. The van der Waals surface area contributed by atoms with Crippen LogP contribution in [0.15, 0.2) is 47.2 Å². The number of nitrogens with one attached hydrogen (secondary N) is 2. The summed E-state index contributed by atoms with van der Waals surface area (Å²) in [5.41, 5.74) is 0.687. The molecular formula is C21H24N6O4. The number of carbonyl (C=O) groups excluding carboxylic acids is 3. The summed E-state index contributed by atoms with van der Waals surface area (Å²) in [5.74, 6) is 0.600. The van der Waals surface area contributed by atoms with Crippen molar-refractivity contribution in [3.63, 3.8) is 0 Å². The Hall–Kier alpha value is -3.69. The third kappa shape index (κ3) is 4.42. The van der Waals surface area contributed by atoms with Crippen LogP contribution in [0.5, 0.6) is 0 Å². The Balaban J connectivity index is 1.44. The molecule has 4 heterocycles. The molecule has 0 saturated carbocycles. The minimum atomic E-state index is -0.919. The number of aromatic nitrogens is 3. The number of urea groups is 1. The molecule has 162 valence electrons. The van der Waals surface area contributed by atoms with Crippen molar-refractivity contribution in [1.82, 2.24) is 30.1 Å². The third-order valence-corrected chi connectivity index (χ3v) is 5.08. The smallest absolute Gasteiger partial charge is 0.325 e. The summed E-state index contributed by atoms with van der Waals surface area (Å²) in [6.45, 7) is 4.13. The Morgan fingerprint density at radius 1 is 1.23 bits per heavy atom. The monoisotopic (exact) mass is 424 g/mol. The molecule has 1 aliphatic rings. The maximum atomic E-state index is 12.8. The summed E-state index contributed by atoms with van der Waals surface area (Å²) >= 11 is 0. The third-order valence-electron chi connectivity index (χ3n) is 5.08. The number of pyridine rings is 1. The molecule has 1 saturated heterocycles. The largest absolute Gasteiger partial charge is 0.467 e. The van der Waals surface area contributed by atoms with E-state index in [1.165, 1.54) is 6.26 Å². The van der Waals surface area contributed by atoms with Gasteiger partial charge in [0, 0.05) is 6.20 Å². The average Bonchev–Trinajstić information content (AvgIpc) is 3.44. The predicted octanol–water partition coefficient (Wildman–Crippen LogP) is 2.04. The number of hydrogen-bond acceptors (Lipinski definition) is 6. The van der Waals surface area contributed by atoms with Gasteiger partial charge in [0.15, 0.2) is 11.5 Å². The van der Waals surface area contributed by atoms with Gasteiger partial charge in [-0.05, 0) is 36.6 Å². The summed E-state index contributed by atoms with van der Waals surface area (Å²) in [6, 6.07) is 7.10. The van der Waals surface area contributed by atoms with Gasteiger partial charge in [0.05, 0.1) is 25.3 Å². The van der Waals surface area contributed by atoms with Crippen molar-refractivity contribution in [3.05, 3.63) is 54.4 Å². The van der Waals surface area contributed by atoms with Gasteiger partial charge < -0.3 is 15.1 Å². The van der Waals surface area contributed by atoms with Gasteiger partial charge in [0.2, 0.25) is 5.91 Å². The highest BCUT2D eigenvalue weighted by Crippen LogP contribution is 2.21. The van der Waals surface area contributed by atoms with Crippen LogP contribution in [0.1, 0.15) is 44.3 Å². The molecule has 1 aliphatic heterocycles. The van der Waals surface area contributed by atoms with Gasteiger partial charge >= 0.3 is 6.03 Å². The molecule has 31 heavy (non-hydrogen) atoms. The van der Waals surface area contributed by atoms with E-state index in [-0.39, 0.29) is 30.8 Å². The number of hydrogen-bond donors (Lipinski definition) is 2. The van der Waals surface area contributed by atoms with Crippen LogP contribution in [0.3, 0.4) is 0 Å². The average molecular weight is 424 g/mol. The Labute approximate surface area is 178 Å². The number of rotatable bonds is 8. The Morgan fingerprint density at radius 3 is 2.81 bits per heavy atom. The fourth-order valence-electron chi connectivity index (χ4n) is 3.66. The van der Waals surface area contributed by atoms with Crippen LogP contribution in [0.2, 0.25) is 0 Å². The van der Waals surface area contributed by atoms with Gasteiger partial charge in [-0.3, -0.25) is 18.9 Å². The van der Waals surface area contributed by atoms with Crippen molar-refractivity contribution in [2.75, 3.05) is 0 Å². The highest BCUT2D eigenvalue weighted by molar-refractivity contribution is 6.05. The Bertz CT molecular complexity index is 1090. The fraction of sp³-hybridized carbons (Fsp3) is 0.381. The molecular weight excluding hydrogens is 400 g/mol. The summed E-state index contributed by atoms with van der Waals surface area (Å²) in [6.07, 6.45) is 3.81. The van der Waals surface area contributed by atoms with Gasteiger partial charge in [-0.2, -0.15) is 0 Å². The maximum absolute atomic E-state index is 12.8. The van der Waals surface area contributed by atoms with E-state index in [1.807, 2.05) is 28.8 Å². The molecule has 0 radical (unpaired) electrons. The standard InChI is InChI=1S/C21H24N6O4/c1-13(2)10-15(19-25-24-17-7-3-4-8-26(17)19)22-18(28)11-16-20(29)27(21(30)23-16)12-14-6-5-9-31-14/h3-9,13,15-16H,10-12H2,1-2H3,(H,22,28)(H,23,30)/t15-,16-/m0/s1. The fourth-order valence-corrected chi connectivity index (χ4v) is 3.66. The van der Waals surface area contributed by atoms with Crippen LogP contribution in [-0.2, 0) is 16.1 Å². The number of carbonyl (C=O) groups is 3. The lowest BCUT2D eigenvalue weighted by molar-refractivity contribution is -0.131. The van der Waals surface area contributed by atoms with E-state index < -0.39 is 18.0 Å². The van der Waals surface area contributed by atoms with Gasteiger partial charge in [-0.1, -0.05) is 19.9 Å². The molecule has 0 spiro atoms. The summed E-state index contributed by atoms with van der Waals surface area (Å²) in [7, 11) is 0. The highest BCUT2D eigenvalue weighted by Gasteiger charge is 2.39. The van der Waals surface area contributed by atoms with Crippen LogP contribution in [0, 0.1) is 5.92 Å². The molecule has 3 aromatic heterocycles. The van der Waals surface area contributed by atoms with E-state index in [1.54, 1.807) is 12.1 Å². The van der Waals surface area contributed by atoms with Crippen LogP contribution in [-0.4, -0.2) is 43.4 Å². The van der Waals surface area contributed by atoms with E-state index in [0.29, 0.717) is 23.7 Å². The Kier molecular flexibility index (Phi) is 5.70. The van der Waals surface area contributed by atoms with Crippen molar-refractivity contribution >= 4 is 23.5 Å². The number of furan rings is 1. The summed E-state index contributed by atoms with van der Waals surface area (Å²) in [4.78, 5) is 38.7. The molecule has 2 N–H and O–H groups in total. The van der Waals surface area contributed by atoms with Crippen molar-refractivity contribution in [2.45, 2.75) is 45.3 Å². The lowest BCUT2D eigenvalue weighted by atomic mass is 10.0. The molecule has 2 atom stereocenters. The zero-order valence-corrected chi connectivity index (χ0v) is 17.3. The molecule has 10 heteroatoms. The second-order valence-electron chi connectivity index (χ2n) is 7.95. The maximum Gasteiger partial charge on any atom is 0.325 e. The molecule has 10 nitrogen and oxygen atoms in total. The van der Waals surface area contributed by atoms with Crippen molar-refractivity contribution in [3.8, 4) is 0 Å².